The molecule has 5 N–H and O–H groups in total. The lowest BCUT2D eigenvalue weighted by atomic mass is 10.0. The Morgan fingerprint density at radius 3 is 2.37 bits per heavy atom. The predicted molar refractivity (Wildman–Crippen MR) is 113 cm³/mol. The van der Waals surface area contributed by atoms with Crippen LogP contribution < -0.4 is 0 Å². The molecule has 176 valence electrons. The summed E-state index contributed by atoms with van der Waals surface area (Å²) in [6.07, 6.45) is -0.950. The molecule has 1 heterocycles. The molecule has 30 heavy (non-hydrogen) atoms. The van der Waals surface area contributed by atoms with Crippen molar-refractivity contribution in [3.63, 3.8) is 0 Å². The molecular formula is C16H29NO10S3. The van der Waals surface area contributed by atoms with E-state index in [2.05, 4.69) is 9.44 Å². The highest BCUT2D eigenvalue weighted by atomic mass is 32.3. The van der Waals surface area contributed by atoms with Gasteiger partial charge in [-0.15, -0.1) is 0 Å². The molecular weight excluding hydrogens is 462 g/mol. The largest absolute Gasteiger partial charge is 0.466 e. The van der Waals surface area contributed by atoms with Gasteiger partial charge < -0.3 is 25.2 Å². The molecule has 0 amide bonds. The molecule has 5 unspecified atom stereocenters. The van der Waals surface area contributed by atoms with Crippen molar-refractivity contribution in [3.05, 3.63) is 0 Å². The van der Waals surface area contributed by atoms with Gasteiger partial charge >= 0.3 is 10.4 Å². The third-order valence-electron chi connectivity index (χ3n) is 4.26. The van der Waals surface area contributed by atoms with Crippen LogP contribution in [0.1, 0.15) is 38.5 Å². The Labute approximate surface area is 184 Å². The van der Waals surface area contributed by atoms with E-state index < -0.39 is 46.9 Å². The van der Waals surface area contributed by atoms with E-state index in [1.165, 1.54) is 0 Å². The molecule has 0 aromatic heterocycles. The third kappa shape index (κ3) is 10.2. The molecule has 0 aromatic rings. The minimum Gasteiger partial charge on any atom is -0.394 e. The Balaban J connectivity index is 2.71. The first-order chi connectivity index (χ1) is 14.1. The number of oxime groups is 1. The Bertz CT molecular complexity index is 658. The Morgan fingerprint density at radius 2 is 1.77 bits per heavy atom. The van der Waals surface area contributed by atoms with Gasteiger partial charge in [0.15, 0.2) is 0 Å². The Hall–Kier alpha value is -0.450. The van der Waals surface area contributed by atoms with E-state index in [9.17, 15) is 33.6 Å². The number of aliphatic hydroxyl groups excluding tert-OH is 4. The molecule has 0 aliphatic carbocycles. The maximum Gasteiger partial charge on any atom is 0.466 e. The van der Waals surface area contributed by atoms with E-state index in [4.69, 9.17) is 9.29 Å². The summed E-state index contributed by atoms with van der Waals surface area (Å²) >= 11 is 2.39. The summed E-state index contributed by atoms with van der Waals surface area (Å²) < 4.78 is 39.7. The molecule has 14 heteroatoms. The van der Waals surface area contributed by atoms with E-state index in [1.54, 1.807) is 11.8 Å². The quantitative estimate of drug-likeness (QED) is 0.0760. The van der Waals surface area contributed by atoms with Crippen LogP contribution in [0.4, 0.5) is 0 Å². The van der Waals surface area contributed by atoms with Crippen LogP contribution in [-0.2, 0) is 24.2 Å². The lowest BCUT2D eigenvalue weighted by Crippen LogP contribution is -2.57. The highest BCUT2D eigenvalue weighted by Gasteiger charge is 2.44. The second-order valence-corrected chi connectivity index (χ2v) is 9.81. The summed E-state index contributed by atoms with van der Waals surface area (Å²) in [5.74, 6) is 0.946. The first-order valence-electron chi connectivity index (χ1n) is 9.29. The second-order valence-electron chi connectivity index (χ2n) is 6.64. The fourth-order valence-corrected chi connectivity index (χ4v) is 4.42. The van der Waals surface area contributed by atoms with E-state index in [0.29, 0.717) is 18.2 Å². The van der Waals surface area contributed by atoms with Crippen LogP contribution in [0.15, 0.2) is 5.16 Å². The Kier molecular flexibility index (Phi) is 12.7. The highest BCUT2D eigenvalue weighted by Crippen LogP contribution is 2.30. The molecule has 1 rings (SSSR count). The van der Waals surface area contributed by atoms with Crippen molar-refractivity contribution in [1.82, 2.24) is 0 Å². The molecule has 1 fully saturated rings. The summed E-state index contributed by atoms with van der Waals surface area (Å²) in [6, 6.07) is 0. The second kappa shape index (κ2) is 13.9. The van der Waals surface area contributed by atoms with Crippen molar-refractivity contribution >= 4 is 44.7 Å². The molecule has 0 spiro atoms. The summed E-state index contributed by atoms with van der Waals surface area (Å²) in [4.78, 5) is 12.1. The number of unbranched alkanes of at least 4 members (excludes halogenated alkanes) is 2. The van der Waals surface area contributed by atoms with Gasteiger partial charge in [0.25, 0.3) is 0 Å². The standard InChI is InChI=1S/C16H29NO10S3/c1-28-8-4-2-3-5-10(19)6-7-12(17-27-30(23,24)25)29-16-15(22)14(21)13(20)11(9-18)26-16/h11,13-16,18,20-22H,2-9H2,1H3,(H,23,24,25). The summed E-state index contributed by atoms with van der Waals surface area (Å²) in [7, 11) is -4.89. The molecule has 0 bridgehead atoms. The van der Waals surface area contributed by atoms with Gasteiger partial charge in [-0.1, -0.05) is 23.3 Å². The fraction of sp³-hybridized carbons (Fsp3) is 0.875. The van der Waals surface area contributed by atoms with E-state index in [0.717, 1.165) is 25.0 Å². The van der Waals surface area contributed by atoms with Crippen molar-refractivity contribution in [1.29, 1.82) is 0 Å². The van der Waals surface area contributed by atoms with Gasteiger partial charge in [0.1, 0.15) is 40.7 Å². The highest BCUT2D eigenvalue weighted by molar-refractivity contribution is 8.14. The third-order valence-corrected chi connectivity index (χ3v) is 6.39. The van der Waals surface area contributed by atoms with Crippen LogP contribution in [0, 0.1) is 0 Å². The van der Waals surface area contributed by atoms with Crippen molar-refractivity contribution in [2.24, 2.45) is 5.16 Å². The van der Waals surface area contributed by atoms with Crippen LogP contribution in [-0.4, -0.2) is 92.7 Å². The molecule has 0 saturated carbocycles. The van der Waals surface area contributed by atoms with Gasteiger partial charge in [-0.3, -0.25) is 9.35 Å². The average Bonchev–Trinajstić information content (AvgIpc) is 2.69. The van der Waals surface area contributed by atoms with Crippen LogP contribution in [0.5, 0.6) is 0 Å². The van der Waals surface area contributed by atoms with Gasteiger partial charge in [0.2, 0.25) is 0 Å². The zero-order chi connectivity index (χ0) is 22.7. The molecule has 1 aliphatic rings. The molecule has 1 aliphatic heterocycles. The normalized spacial score (nSPS) is 27.8. The zero-order valence-electron chi connectivity index (χ0n) is 16.5. The van der Waals surface area contributed by atoms with E-state index in [1.807, 2.05) is 6.26 Å². The number of Topliss-reactive ketones (excluding diaryl/α,β-unsaturated/α-hetero) is 1. The van der Waals surface area contributed by atoms with Gasteiger partial charge in [0.05, 0.1) is 6.61 Å². The van der Waals surface area contributed by atoms with Crippen LogP contribution in [0.2, 0.25) is 0 Å². The predicted octanol–water partition coefficient (Wildman–Crippen LogP) is -0.0749. The van der Waals surface area contributed by atoms with Crippen LogP contribution >= 0.6 is 23.5 Å². The zero-order valence-corrected chi connectivity index (χ0v) is 18.9. The van der Waals surface area contributed by atoms with E-state index in [-0.39, 0.29) is 23.7 Å². The Morgan fingerprint density at radius 1 is 1.07 bits per heavy atom. The smallest absolute Gasteiger partial charge is 0.394 e. The topological polar surface area (TPSA) is 183 Å². The van der Waals surface area contributed by atoms with Gasteiger partial charge in [-0.2, -0.15) is 20.2 Å². The number of hydrogen-bond donors (Lipinski definition) is 5. The van der Waals surface area contributed by atoms with Gasteiger partial charge in [0, 0.05) is 19.3 Å². The van der Waals surface area contributed by atoms with Crippen molar-refractivity contribution in [3.8, 4) is 0 Å². The summed E-state index contributed by atoms with van der Waals surface area (Å²) in [6.45, 7) is -0.634. The summed E-state index contributed by atoms with van der Waals surface area (Å²) in [5, 5.41) is 42.2. The minimum atomic E-state index is -4.89. The molecule has 11 nitrogen and oxygen atoms in total. The molecule has 5 atom stereocenters. The monoisotopic (exact) mass is 491 g/mol. The number of aliphatic hydroxyl groups is 4. The molecule has 0 radical (unpaired) electrons. The van der Waals surface area contributed by atoms with Crippen molar-refractivity contribution in [2.45, 2.75) is 68.4 Å². The number of carbonyl (C=O) groups is 1. The van der Waals surface area contributed by atoms with Gasteiger partial charge in [-0.05, 0) is 24.9 Å². The lowest BCUT2D eigenvalue weighted by Gasteiger charge is -2.39. The number of carbonyl (C=O) groups excluding carboxylic acids is 1. The maximum atomic E-state index is 12.1. The fourth-order valence-electron chi connectivity index (χ4n) is 2.63. The number of ketones is 1. The first kappa shape index (κ1) is 27.6. The number of rotatable bonds is 13. The summed E-state index contributed by atoms with van der Waals surface area (Å²) in [5.41, 5.74) is -1.23. The van der Waals surface area contributed by atoms with Crippen molar-refractivity contribution in [2.75, 3.05) is 18.6 Å². The number of hydrogen-bond acceptors (Lipinski definition) is 12. The van der Waals surface area contributed by atoms with Crippen LogP contribution in [0.25, 0.3) is 0 Å². The first-order valence-corrected chi connectivity index (χ1v) is 12.9. The van der Waals surface area contributed by atoms with E-state index >= 15 is 0 Å². The van der Waals surface area contributed by atoms with Crippen molar-refractivity contribution < 1.29 is 47.2 Å². The minimum absolute atomic E-state index is 0.0145. The average molecular weight is 492 g/mol. The number of thioether (sulfide) groups is 2. The molecule has 0 aromatic carbocycles. The SMILES string of the molecule is CSCCCCCC(=O)CCC(=NOS(=O)(=O)O)SC1OC(CO)C(O)C(O)C1O. The lowest BCUT2D eigenvalue weighted by molar-refractivity contribution is -0.205. The molecule has 1 saturated heterocycles. The maximum absolute atomic E-state index is 12.1. The number of nitrogens with zero attached hydrogens (tertiary/aromatic N) is 1. The number of ether oxygens (including phenoxy) is 1. The van der Waals surface area contributed by atoms with Crippen LogP contribution in [0.3, 0.4) is 0 Å². The van der Waals surface area contributed by atoms with Gasteiger partial charge in [-0.25, -0.2) is 4.28 Å².